The molecule has 0 atom stereocenters. The van der Waals surface area contributed by atoms with E-state index in [-0.39, 0.29) is 0 Å². The van der Waals surface area contributed by atoms with Crippen LogP contribution in [0.5, 0.6) is 0 Å². The van der Waals surface area contributed by atoms with Crippen molar-refractivity contribution in [3.8, 4) is 0 Å². The van der Waals surface area contributed by atoms with Crippen molar-refractivity contribution in [3.63, 3.8) is 0 Å². The van der Waals surface area contributed by atoms with Gasteiger partial charge in [-0.2, -0.15) is 0 Å². The van der Waals surface area contributed by atoms with Gasteiger partial charge in [-0.25, -0.2) is 0 Å². The first-order valence-electron chi connectivity index (χ1n) is 10.8. The molecule has 0 aliphatic heterocycles. The third kappa shape index (κ3) is 6.37. The first-order valence-corrected chi connectivity index (χ1v) is 11.2. The van der Waals surface area contributed by atoms with Crippen molar-refractivity contribution in [2.75, 3.05) is 0 Å². The van der Waals surface area contributed by atoms with Crippen molar-refractivity contribution in [1.29, 1.82) is 0 Å². The van der Waals surface area contributed by atoms with Crippen molar-refractivity contribution < 1.29 is 4.42 Å². The molecule has 1 aromatic carbocycles. The van der Waals surface area contributed by atoms with Gasteiger partial charge in [0.15, 0.2) is 5.11 Å². The van der Waals surface area contributed by atoms with Crippen LogP contribution in [0.15, 0.2) is 47.1 Å². The Hall–Kier alpha value is -1.81. The van der Waals surface area contributed by atoms with Crippen LogP contribution in [-0.4, -0.2) is 16.1 Å². The second kappa shape index (κ2) is 10.7. The van der Waals surface area contributed by atoms with Crippen LogP contribution < -0.4 is 5.32 Å². The van der Waals surface area contributed by atoms with E-state index in [1.54, 1.807) is 6.26 Å². The molecule has 0 spiro atoms. The summed E-state index contributed by atoms with van der Waals surface area (Å²) < 4.78 is 5.60. The van der Waals surface area contributed by atoms with Crippen molar-refractivity contribution >= 4 is 17.3 Å². The van der Waals surface area contributed by atoms with Gasteiger partial charge >= 0.3 is 0 Å². The lowest BCUT2D eigenvalue weighted by Gasteiger charge is -2.29. The Morgan fingerprint density at radius 1 is 1.04 bits per heavy atom. The second-order valence-corrected chi connectivity index (χ2v) is 8.71. The smallest absolute Gasteiger partial charge is 0.169 e. The van der Waals surface area contributed by atoms with Gasteiger partial charge in [0.1, 0.15) is 5.76 Å². The highest BCUT2D eigenvalue weighted by Gasteiger charge is 2.18. The second-order valence-electron chi connectivity index (χ2n) is 8.32. The van der Waals surface area contributed by atoms with E-state index >= 15 is 0 Å². The summed E-state index contributed by atoms with van der Waals surface area (Å²) in [5.74, 6) is 1.50. The molecule has 3 rings (SSSR count). The minimum atomic E-state index is 0.496. The van der Waals surface area contributed by atoms with Crippen LogP contribution in [0, 0.1) is 0 Å². The minimum Gasteiger partial charge on any atom is -0.467 e. The summed E-state index contributed by atoms with van der Waals surface area (Å²) in [7, 11) is 0. The molecule has 152 valence electrons. The molecule has 0 unspecified atom stereocenters. The van der Waals surface area contributed by atoms with Gasteiger partial charge in [0.2, 0.25) is 0 Å². The molecule has 1 aromatic heterocycles. The van der Waals surface area contributed by atoms with E-state index in [4.69, 9.17) is 16.6 Å². The third-order valence-electron chi connectivity index (χ3n) is 5.67. The van der Waals surface area contributed by atoms with Crippen molar-refractivity contribution in [2.45, 2.75) is 83.8 Å². The van der Waals surface area contributed by atoms with Gasteiger partial charge in [-0.05, 0) is 54.2 Å². The average molecular weight is 399 g/mol. The normalized spacial score (nSPS) is 15.8. The number of benzene rings is 1. The minimum absolute atomic E-state index is 0.496. The van der Waals surface area contributed by atoms with Gasteiger partial charge in [-0.15, -0.1) is 0 Å². The van der Waals surface area contributed by atoms with Crippen molar-refractivity contribution in [2.24, 2.45) is 0 Å². The van der Waals surface area contributed by atoms with Gasteiger partial charge in [0.05, 0.1) is 12.8 Å². The fourth-order valence-corrected chi connectivity index (χ4v) is 4.18. The number of nitrogens with zero attached hydrogens (tertiary/aromatic N) is 1. The first kappa shape index (κ1) is 20.9. The molecule has 0 radical (unpaired) electrons. The summed E-state index contributed by atoms with van der Waals surface area (Å²) in [4.78, 5) is 2.23. The topological polar surface area (TPSA) is 28.4 Å². The van der Waals surface area contributed by atoms with Crippen LogP contribution in [0.1, 0.15) is 81.6 Å². The number of rotatable bonds is 6. The quantitative estimate of drug-likeness (QED) is 0.571. The highest BCUT2D eigenvalue weighted by molar-refractivity contribution is 7.80. The van der Waals surface area contributed by atoms with E-state index in [2.05, 4.69) is 48.3 Å². The maximum Gasteiger partial charge on any atom is 0.169 e. The number of hydrogen-bond acceptors (Lipinski definition) is 2. The molecule has 3 nitrogen and oxygen atoms in total. The highest BCUT2D eigenvalue weighted by Crippen LogP contribution is 2.19. The summed E-state index contributed by atoms with van der Waals surface area (Å²) in [5.41, 5.74) is 2.65. The lowest BCUT2D eigenvalue weighted by molar-refractivity contribution is 0.338. The van der Waals surface area contributed by atoms with Crippen LogP contribution in [0.25, 0.3) is 0 Å². The van der Waals surface area contributed by atoms with Gasteiger partial charge in [-0.1, -0.05) is 70.2 Å². The molecule has 1 saturated carbocycles. The molecule has 28 heavy (non-hydrogen) atoms. The molecule has 0 saturated heterocycles. The van der Waals surface area contributed by atoms with E-state index in [0.29, 0.717) is 18.5 Å². The van der Waals surface area contributed by atoms with E-state index in [1.807, 2.05) is 12.1 Å². The maximum atomic E-state index is 5.85. The summed E-state index contributed by atoms with van der Waals surface area (Å²) in [5, 5.41) is 4.51. The molecular formula is C24H34N2OS. The molecule has 1 heterocycles. The standard InChI is InChI=1S/C24H34N2OS/c1-19(2)21-14-12-20(13-15-21)17-26(18-23-11-8-16-27-23)24(28)25-22-9-6-4-3-5-7-10-22/h8,11-16,19,22H,3-7,9-10,17-18H2,1-2H3,(H,25,28). The predicted molar refractivity (Wildman–Crippen MR) is 120 cm³/mol. The fraction of sp³-hybridized carbons (Fsp3) is 0.542. The third-order valence-corrected chi connectivity index (χ3v) is 6.04. The van der Waals surface area contributed by atoms with Gasteiger partial charge < -0.3 is 14.6 Å². The Labute approximate surface area is 175 Å². The van der Waals surface area contributed by atoms with Crippen molar-refractivity contribution in [3.05, 3.63) is 59.5 Å². The lowest BCUT2D eigenvalue weighted by atomic mass is 9.97. The summed E-state index contributed by atoms with van der Waals surface area (Å²) in [6.07, 6.45) is 10.9. The largest absolute Gasteiger partial charge is 0.467 e. The molecule has 1 N–H and O–H groups in total. The Morgan fingerprint density at radius 3 is 2.32 bits per heavy atom. The molecule has 1 fully saturated rings. The van der Waals surface area contributed by atoms with E-state index in [0.717, 1.165) is 17.4 Å². The maximum absolute atomic E-state index is 5.85. The van der Waals surface area contributed by atoms with Crippen LogP contribution in [-0.2, 0) is 13.1 Å². The molecule has 4 heteroatoms. The van der Waals surface area contributed by atoms with Crippen LogP contribution in [0.2, 0.25) is 0 Å². The Morgan fingerprint density at radius 2 is 1.71 bits per heavy atom. The van der Waals surface area contributed by atoms with Gasteiger partial charge in [0.25, 0.3) is 0 Å². The highest BCUT2D eigenvalue weighted by atomic mass is 32.1. The summed E-state index contributed by atoms with van der Waals surface area (Å²) in [6, 6.07) is 13.4. The molecule has 0 amide bonds. The van der Waals surface area contributed by atoms with Crippen LogP contribution >= 0.6 is 12.2 Å². The number of nitrogens with one attached hydrogen (secondary N) is 1. The number of thiocarbonyl (C=S) groups is 1. The molecular weight excluding hydrogens is 364 g/mol. The monoisotopic (exact) mass is 398 g/mol. The van der Waals surface area contributed by atoms with E-state index in [9.17, 15) is 0 Å². The Balaban J connectivity index is 1.67. The Kier molecular flexibility index (Phi) is 7.96. The number of hydrogen-bond donors (Lipinski definition) is 1. The predicted octanol–water partition coefficient (Wildman–Crippen LogP) is 6.39. The SMILES string of the molecule is CC(C)c1ccc(CN(Cc2ccco2)C(=S)NC2CCCCCCC2)cc1. The Bertz CT molecular complexity index is 701. The zero-order valence-electron chi connectivity index (χ0n) is 17.3. The van der Waals surface area contributed by atoms with E-state index < -0.39 is 0 Å². The van der Waals surface area contributed by atoms with Crippen LogP contribution in [0.3, 0.4) is 0 Å². The molecule has 1 aliphatic carbocycles. The molecule has 2 aromatic rings. The molecule has 0 bridgehead atoms. The molecule has 1 aliphatic rings. The van der Waals surface area contributed by atoms with Gasteiger partial charge in [-0.3, -0.25) is 0 Å². The first-order chi connectivity index (χ1) is 13.6. The lowest BCUT2D eigenvalue weighted by Crippen LogP contribution is -2.44. The van der Waals surface area contributed by atoms with Gasteiger partial charge in [0, 0.05) is 12.6 Å². The zero-order chi connectivity index (χ0) is 19.8. The zero-order valence-corrected chi connectivity index (χ0v) is 18.1. The summed E-state index contributed by atoms with van der Waals surface area (Å²) >= 11 is 5.85. The van der Waals surface area contributed by atoms with Crippen molar-refractivity contribution in [1.82, 2.24) is 10.2 Å². The average Bonchev–Trinajstić information content (AvgIpc) is 3.17. The fourth-order valence-electron chi connectivity index (χ4n) is 3.88. The van der Waals surface area contributed by atoms with E-state index in [1.165, 1.54) is 56.1 Å². The number of furan rings is 1. The van der Waals surface area contributed by atoms with Crippen LogP contribution in [0.4, 0.5) is 0 Å². The summed E-state index contributed by atoms with van der Waals surface area (Å²) in [6.45, 7) is 5.94.